The monoisotopic (exact) mass is 283 g/mol. The molecule has 104 valence electrons. The molecule has 2 heterocycles. The second kappa shape index (κ2) is 5.16. The number of benzene rings is 1. The summed E-state index contributed by atoms with van der Waals surface area (Å²) in [4.78, 5) is 15.3. The van der Waals surface area contributed by atoms with Crippen LogP contribution in [0.2, 0.25) is 0 Å². The van der Waals surface area contributed by atoms with Crippen LogP contribution in [0.3, 0.4) is 0 Å². The van der Waals surface area contributed by atoms with Gasteiger partial charge in [0.05, 0.1) is 5.69 Å². The third-order valence-electron chi connectivity index (χ3n) is 2.99. The summed E-state index contributed by atoms with van der Waals surface area (Å²) >= 11 is 0. The van der Waals surface area contributed by atoms with E-state index in [0.717, 1.165) is 0 Å². The Kier molecular flexibility index (Phi) is 3.19. The Hall–Kier alpha value is -3.02. The number of halogens is 1. The average Bonchev–Trinajstić information content (AvgIpc) is 2.94. The summed E-state index contributed by atoms with van der Waals surface area (Å²) in [6, 6.07) is 8.97. The van der Waals surface area contributed by atoms with Crippen molar-refractivity contribution in [3.8, 4) is 16.9 Å². The Morgan fingerprint density at radius 3 is 2.38 bits per heavy atom. The second-order valence-electron chi connectivity index (χ2n) is 4.35. The van der Waals surface area contributed by atoms with Gasteiger partial charge in [0.2, 0.25) is 0 Å². The maximum Gasteiger partial charge on any atom is 0.339 e. The Morgan fingerprint density at radius 2 is 1.76 bits per heavy atom. The van der Waals surface area contributed by atoms with E-state index in [0.29, 0.717) is 16.9 Å². The summed E-state index contributed by atoms with van der Waals surface area (Å²) in [5, 5.41) is 13.6. The molecule has 0 radical (unpaired) electrons. The lowest BCUT2D eigenvalue weighted by Gasteiger charge is -2.00. The van der Waals surface area contributed by atoms with Crippen LogP contribution in [-0.4, -0.2) is 25.8 Å². The molecular formula is C15H10FN3O2. The zero-order valence-electron chi connectivity index (χ0n) is 10.8. The van der Waals surface area contributed by atoms with E-state index >= 15 is 0 Å². The Bertz CT molecular complexity index is 782. The van der Waals surface area contributed by atoms with Crippen LogP contribution in [0, 0.1) is 5.82 Å². The number of carbonyl (C=O) groups is 1. The first-order chi connectivity index (χ1) is 10.1. The summed E-state index contributed by atoms with van der Waals surface area (Å²) in [6.07, 6.45) is 4.61. The van der Waals surface area contributed by atoms with Gasteiger partial charge in [-0.3, -0.25) is 4.98 Å². The third kappa shape index (κ3) is 2.51. The predicted octanol–water partition coefficient (Wildman–Crippen LogP) is 2.77. The molecule has 1 aromatic carbocycles. The third-order valence-corrected chi connectivity index (χ3v) is 2.99. The molecule has 0 aliphatic heterocycles. The van der Waals surface area contributed by atoms with Crippen LogP contribution in [0.1, 0.15) is 10.4 Å². The largest absolute Gasteiger partial charge is 0.478 e. The Morgan fingerprint density at radius 1 is 1.10 bits per heavy atom. The molecule has 0 fully saturated rings. The van der Waals surface area contributed by atoms with Crippen LogP contribution in [0.25, 0.3) is 16.9 Å². The number of carboxylic acids is 1. The molecule has 2 aromatic heterocycles. The van der Waals surface area contributed by atoms with Gasteiger partial charge < -0.3 is 5.11 Å². The van der Waals surface area contributed by atoms with Gasteiger partial charge in [-0.25, -0.2) is 13.9 Å². The smallest absolute Gasteiger partial charge is 0.339 e. The first-order valence-corrected chi connectivity index (χ1v) is 6.14. The van der Waals surface area contributed by atoms with Crippen molar-refractivity contribution < 1.29 is 14.3 Å². The van der Waals surface area contributed by atoms with Crippen LogP contribution in [-0.2, 0) is 0 Å². The molecule has 0 aliphatic carbocycles. The molecule has 5 nitrogen and oxygen atoms in total. The van der Waals surface area contributed by atoms with Crippen molar-refractivity contribution in [1.82, 2.24) is 14.8 Å². The van der Waals surface area contributed by atoms with E-state index in [9.17, 15) is 14.3 Å². The first-order valence-electron chi connectivity index (χ1n) is 6.14. The molecule has 21 heavy (non-hydrogen) atoms. The van der Waals surface area contributed by atoms with Gasteiger partial charge in [0.25, 0.3) is 0 Å². The van der Waals surface area contributed by atoms with Crippen LogP contribution in [0.4, 0.5) is 4.39 Å². The second-order valence-corrected chi connectivity index (χ2v) is 4.35. The van der Waals surface area contributed by atoms with Crippen molar-refractivity contribution in [2.75, 3.05) is 0 Å². The Labute approximate surface area is 119 Å². The molecular weight excluding hydrogens is 273 g/mol. The van der Waals surface area contributed by atoms with Crippen molar-refractivity contribution in [2.45, 2.75) is 0 Å². The van der Waals surface area contributed by atoms with Crippen LogP contribution < -0.4 is 0 Å². The van der Waals surface area contributed by atoms with E-state index in [1.165, 1.54) is 35.1 Å². The number of pyridine rings is 1. The van der Waals surface area contributed by atoms with Gasteiger partial charge in [0, 0.05) is 24.2 Å². The summed E-state index contributed by atoms with van der Waals surface area (Å²) in [6.45, 7) is 0. The van der Waals surface area contributed by atoms with E-state index in [2.05, 4.69) is 10.1 Å². The minimum absolute atomic E-state index is 0.0541. The number of aromatic carboxylic acids is 1. The van der Waals surface area contributed by atoms with E-state index in [4.69, 9.17) is 0 Å². The molecule has 0 saturated carbocycles. The van der Waals surface area contributed by atoms with Gasteiger partial charge in [-0.05, 0) is 36.4 Å². The average molecular weight is 283 g/mol. The molecule has 1 N–H and O–H groups in total. The summed E-state index contributed by atoms with van der Waals surface area (Å²) in [7, 11) is 0. The molecule has 3 rings (SSSR count). The topological polar surface area (TPSA) is 68.0 Å². The van der Waals surface area contributed by atoms with Gasteiger partial charge in [-0.1, -0.05) is 0 Å². The standard InChI is InChI=1S/C15H10FN3O2/c16-11-3-1-10(2-4-11)14-13(15(20)21)9-19(18-14)12-5-7-17-8-6-12/h1-9H,(H,20,21). The maximum absolute atomic E-state index is 13.0. The number of aromatic nitrogens is 3. The zero-order chi connectivity index (χ0) is 14.8. The summed E-state index contributed by atoms with van der Waals surface area (Å²) < 4.78 is 14.4. The van der Waals surface area contributed by atoms with E-state index in [1.807, 2.05) is 0 Å². The van der Waals surface area contributed by atoms with Gasteiger partial charge in [0.1, 0.15) is 17.1 Å². The molecule has 6 heteroatoms. The lowest BCUT2D eigenvalue weighted by Crippen LogP contribution is -1.96. The van der Waals surface area contributed by atoms with E-state index in [1.54, 1.807) is 24.5 Å². The highest BCUT2D eigenvalue weighted by molar-refractivity contribution is 5.94. The van der Waals surface area contributed by atoms with Crippen LogP contribution in [0.5, 0.6) is 0 Å². The molecule has 0 atom stereocenters. The van der Waals surface area contributed by atoms with Crippen molar-refractivity contribution in [3.63, 3.8) is 0 Å². The number of hydrogen-bond acceptors (Lipinski definition) is 3. The summed E-state index contributed by atoms with van der Waals surface area (Å²) in [5.74, 6) is -1.47. The number of rotatable bonds is 3. The highest BCUT2D eigenvalue weighted by Crippen LogP contribution is 2.23. The number of carboxylic acid groups (broad SMARTS) is 1. The van der Waals surface area contributed by atoms with Crippen molar-refractivity contribution >= 4 is 5.97 Å². The quantitative estimate of drug-likeness (QED) is 0.802. The summed E-state index contributed by atoms with van der Waals surface area (Å²) in [5.41, 5.74) is 1.58. The fraction of sp³-hybridized carbons (Fsp3) is 0. The first kappa shape index (κ1) is 13.0. The van der Waals surface area contributed by atoms with Crippen molar-refractivity contribution in [1.29, 1.82) is 0 Å². The van der Waals surface area contributed by atoms with Crippen LogP contribution >= 0.6 is 0 Å². The molecule has 0 saturated heterocycles. The van der Waals surface area contributed by atoms with Gasteiger partial charge in [0.15, 0.2) is 0 Å². The fourth-order valence-electron chi connectivity index (χ4n) is 1.98. The lowest BCUT2D eigenvalue weighted by molar-refractivity contribution is 0.0697. The number of hydrogen-bond donors (Lipinski definition) is 1. The predicted molar refractivity (Wildman–Crippen MR) is 73.7 cm³/mol. The molecule has 0 bridgehead atoms. The number of nitrogens with zero attached hydrogens (tertiary/aromatic N) is 3. The van der Waals surface area contributed by atoms with Gasteiger partial charge >= 0.3 is 5.97 Å². The molecule has 0 amide bonds. The maximum atomic E-state index is 13.0. The van der Waals surface area contributed by atoms with Gasteiger partial charge in [-0.15, -0.1) is 0 Å². The normalized spacial score (nSPS) is 10.5. The highest BCUT2D eigenvalue weighted by Gasteiger charge is 2.17. The van der Waals surface area contributed by atoms with Crippen LogP contribution in [0.15, 0.2) is 55.0 Å². The zero-order valence-corrected chi connectivity index (χ0v) is 10.8. The minimum atomic E-state index is -1.09. The fourth-order valence-corrected chi connectivity index (χ4v) is 1.98. The molecule has 0 spiro atoms. The Balaban J connectivity index is 2.14. The van der Waals surface area contributed by atoms with Crippen molar-refractivity contribution in [3.05, 3.63) is 66.4 Å². The molecule has 3 aromatic rings. The molecule has 0 aliphatic rings. The van der Waals surface area contributed by atoms with Crippen molar-refractivity contribution in [2.24, 2.45) is 0 Å². The highest BCUT2D eigenvalue weighted by atomic mass is 19.1. The SMILES string of the molecule is O=C(O)c1cn(-c2ccncc2)nc1-c1ccc(F)cc1. The lowest BCUT2D eigenvalue weighted by atomic mass is 10.1. The van der Waals surface area contributed by atoms with E-state index < -0.39 is 5.97 Å². The van der Waals surface area contributed by atoms with E-state index in [-0.39, 0.29) is 11.4 Å². The molecule has 0 unspecified atom stereocenters. The van der Waals surface area contributed by atoms with Gasteiger partial charge in [-0.2, -0.15) is 5.10 Å². The minimum Gasteiger partial charge on any atom is -0.478 e.